The van der Waals surface area contributed by atoms with E-state index in [1.54, 1.807) is 6.92 Å². The van der Waals surface area contributed by atoms with E-state index >= 15 is 0 Å². The van der Waals surface area contributed by atoms with Gasteiger partial charge in [0.15, 0.2) is 5.78 Å². The minimum absolute atomic E-state index is 0.251. The lowest BCUT2D eigenvalue weighted by Crippen LogP contribution is -2.26. The normalized spacial score (nSPS) is 12.3. The first-order valence-electron chi connectivity index (χ1n) is 5.17. The van der Waals surface area contributed by atoms with Gasteiger partial charge in [0.2, 0.25) is 0 Å². The maximum atomic E-state index is 13.6. The van der Waals surface area contributed by atoms with Crippen molar-refractivity contribution in [3.63, 3.8) is 0 Å². The van der Waals surface area contributed by atoms with Crippen LogP contribution in [-0.2, 0) is 6.42 Å². The molecule has 0 saturated heterocycles. The number of hydrogen-bond donors (Lipinski definition) is 1. The summed E-state index contributed by atoms with van der Waals surface area (Å²) in [5.74, 6) is -0.322. The Balaban J connectivity index is 3.25. The summed E-state index contributed by atoms with van der Waals surface area (Å²) in [5, 5.41) is 0. The highest BCUT2D eigenvalue weighted by Crippen LogP contribution is 2.24. The van der Waals surface area contributed by atoms with Crippen LogP contribution in [-0.4, -0.2) is 18.9 Å². The molecule has 2 N–H and O–H groups in total. The SMILES string of the molecule is CCc1c(F)cc(C(=O)C(C)N)cc1OC. The van der Waals surface area contributed by atoms with Gasteiger partial charge >= 0.3 is 0 Å². The average Bonchev–Trinajstić information content (AvgIpc) is 2.26. The topological polar surface area (TPSA) is 52.3 Å². The second-order valence-electron chi connectivity index (χ2n) is 3.65. The van der Waals surface area contributed by atoms with Crippen molar-refractivity contribution < 1.29 is 13.9 Å². The highest BCUT2D eigenvalue weighted by molar-refractivity contribution is 6.00. The van der Waals surface area contributed by atoms with Gasteiger partial charge in [0.25, 0.3) is 0 Å². The molecule has 0 bridgehead atoms. The van der Waals surface area contributed by atoms with Gasteiger partial charge in [0, 0.05) is 11.1 Å². The molecular weight excluding hydrogens is 209 g/mol. The molecule has 0 fully saturated rings. The summed E-state index contributed by atoms with van der Waals surface area (Å²) >= 11 is 0. The number of Topliss-reactive ketones (excluding diaryl/α,β-unsaturated/α-hetero) is 1. The Morgan fingerprint density at radius 1 is 1.56 bits per heavy atom. The molecule has 0 aliphatic carbocycles. The molecular formula is C12H16FNO2. The molecule has 1 rings (SSSR count). The van der Waals surface area contributed by atoms with Crippen molar-refractivity contribution in [3.8, 4) is 5.75 Å². The molecule has 0 aliphatic heterocycles. The Hall–Kier alpha value is -1.42. The van der Waals surface area contributed by atoms with Gasteiger partial charge in [-0.3, -0.25) is 4.79 Å². The highest BCUT2D eigenvalue weighted by Gasteiger charge is 2.16. The fourth-order valence-corrected chi connectivity index (χ4v) is 1.54. The smallest absolute Gasteiger partial charge is 0.179 e. The van der Waals surface area contributed by atoms with E-state index in [-0.39, 0.29) is 11.3 Å². The number of hydrogen-bond acceptors (Lipinski definition) is 3. The third-order valence-corrected chi connectivity index (χ3v) is 2.43. The molecule has 0 heterocycles. The van der Waals surface area contributed by atoms with E-state index in [9.17, 15) is 9.18 Å². The number of rotatable bonds is 4. The predicted molar refractivity (Wildman–Crippen MR) is 60.3 cm³/mol. The minimum atomic E-state index is -0.642. The maximum Gasteiger partial charge on any atom is 0.179 e. The van der Waals surface area contributed by atoms with Crippen molar-refractivity contribution in [1.82, 2.24) is 0 Å². The van der Waals surface area contributed by atoms with Crippen LogP contribution in [0, 0.1) is 5.82 Å². The zero-order valence-corrected chi connectivity index (χ0v) is 9.71. The average molecular weight is 225 g/mol. The second kappa shape index (κ2) is 5.07. The van der Waals surface area contributed by atoms with E-state index in [4.69, 9.17) is 10.5 Å². The molecule has 1 atom stereocenters. The van der Waals surface area contributed by atoms with Gasteiger partial charge in [-0.05, 0) is 25.5 Å². The Morgan fingerprint density at radius 3 is 2.62 bits per heavy atom. The Bertz CT molecular complexity index is 402. The van der Waals surface area contributed by atoms with Crippen LogP contribution in [0.1, 0.15) is 29.8 Å². The molecule has 88 valence electrons. The van der Waals surface area contributed by atoms with E-state index < -0.39 is 11.9 Å². The molecule has 0 aliphatic rings. The lowest BCUT2D eigenvalue weighted by molar-refractivity contribution is 0.0967. The number of methoxy groups -OCH3 is 1. The van der Waals surface area contributed by atoms with Crippen LogP contribution in [0.2, 0.25) is 0 Å². The van der Waals surface area contributed by atoms with Crippen LogP contribution in [0.25, 0.3) is 0 Å². The maximum absolute atomic E-state index is 13.6. The Labute approximate surface area is 94.4 Å². The van der Waals surface area contributed by atoms with E-state index in [1.807, 2.05) is 6.92 Å². The van der Waals surface area contributed by atoms with E-state index in [0.717, 1.165) is 0 Å². The second-order valence-corrected chi connectivity index (χ2v) is 3.65. The van der Waals surface area contributed by atoms with Gasteiger partial charge in [-0.2, -0.15) is 0 Å². The van der Waals surface area contributed by atoms with Crippen LogP contribution < -0.4 is 10.5 Å². The van der Waals surface area contributed by atoms with Crippen molar-refractivity contribution in [3.05, 3.63) is 29.1 Å². The van der Waals surface area contributed by atoms with Gasteiger partial charge in [0.05, 0.1) is 13.2 Å². The first kappa shape index (κ1) is 12.6. The number of ketones is 1. The molecule has 1 unspecified atom stereocenters. The quantitative estimate of drug-likeness (QED) is 0.796. The minimum Gasteiger partial charge on any atom is -0.496 e. The van der Waals surface area contributed by atoms with Crippen LogP contribution in [0.5, 0.6) is 5.75 Å². The van der Waals surface area contributed by atoms with Gasteiger partial charge in [-0.1, -0.05) is 6.92 Å². The van der Waals surface area contributed by atoms with Crippen LogP contribution in [0.4, 0.5) is 4.39 Å². The van der Waals surface area contributed by atoms with Crippen LogP contribution in [0.15, 0.2) is 12.1 Å². The number of halogens is 1. The number of ether oxygens (including phenoxy) is 1. The van der Waals surface area contributed by atoms with Gasteiger partial charge in [-0.15, -0.1) is 0 Å². The fraction of sp³-hybridized carbons (Fsp3) is 0.417. The van der Waals surface area contributed by atoms with Crippen molar-refractivity contribution >= 4 is 5.78 Å². The molecule has 1 aromatic rings. The number of nitrogens with two attached hydrogens (primary N) is 1. The molecule has 16 heavy (non-hydrogen) atoms. The third-order valence-electron chi connectivity index (χ3n) is 2.43. The van der Waals surface area contributed by atoms with E-state index in [1.165, 1.54) is 19.2 Å². The van der Waals surface area contributed by atoms with Crippen LogP contribution in [0.3, 0.4) is 0 Å². The van der Waals surface area contributed by atoms with Gasteiger partial charge in [-0.25, -0.2) is 4.39 Å². The molecule has 4 heteroatoms. The lowest BCUT2D eigenvalue weighted by Gasteiger charge is -2.11. The van der Waals surface area contributed by atoms with Gasteiger partial charge < -0.3 is 10.5 Å². The number of benzene rings is 1. The largest absolute Gasteiger partial charge is 0.496 e. The summed E-state index contributed by atoms with van der Waals surface area (Å²) < 4.78 is 18.7. The summed E-state index contributed by atoms with van der Waals surface area (Å²) in [4.78, 5) is 11.6. The molecule has 0 amide bonds. The van der Waals surface area contributed by atoms with Crippen LogP contribution >= 0.6 is 0 Å². The third kappa shape index (κ3) is 2.39. The van der Waals surface area contributed by atoms with Crippen molar-refractivity contribution in [1.29, 1.82) is 0 Å². The fourth-order valence-electron chi connectivity index (χ4n) is 1.54. The Kier molecular flexibility index (Phi) is 4.01. The molecule has 1 aromatic carbocycles. The van der Waals surface area contributed by atoms with Gasteiger partial charge in [0.1, 0.15) is 11.6 Å². The zero-order chi connectivity index (χ0) is 12.3. The van der Waals surface area contributed by atoms with Crippen molar-refractivity contribution in [2.75, 3.05) is 7.11 Å². The first-order valence-corrected chi connectivity index (χ1v) is 5.17. The van der Waals surface area contributed by atoms with Crippen molar-refractivity contribution in [2.45, 2.75) is 26.3 Å². The molecule has 0 spiro atoms. The summed E-state index contributed by atoms with van der Waals surface area (Å²) in [5.41, 5.74) is 6.19. The molecule has 0 radical (unpaired) electrons. The summed E-state index contributed by atoms with van der Waals surface area (Å²) in [6.45, 7) is 3.40. The van der Waals surface area contributed by atoms with Crippen molar-refractivity contribution in [2.24, 2.45) is 5.73 Å². The molecule has 0 saturated carbocycles. The predicted octanol–water partition coefficient (Wildman–Crippen LogP) is 1.93. The standard InChI is InChI=1S/C12H16FNO2/c1-4-9-10(13)5-8(6-11(9)16-3)12(15)7(2)14/h5-7H,4,14H2,1-3H3. The van der Waals surface area contributed by atoms with E-state index in [2.05, 4.69) is 0 Å². The number of carbonyl (C=O) groups excluding carboxylic acids is 1. The molecule has 3 nitrogen and oxygen atoms in total. The highest BCUT2D eigenvalue weighted by atomic mass is 19.1. The monoisotopic (exact) mass is 225 g/mol. The number of carbonyl (C=O) groups is 1. The zero-order valence-electron chi connectivity index (χ0n) is 9.71. The first-order chi connectivity index (χ1) is 7.51. The Morgan fingerprint density at radius 2 is 2.19 bits per heavy atom. The van der Waals surface area contributed by atoms with E-state index in [0.29, 0.717) is 17.7 Å². The summed E-state index contributed by atoms with van der Waals surface area (Å²) in [6.07, 6.45) is 0.516. The lowest BCUT2D eigenvalue weighted by atomic mass is 10.0. The molecule has 0 aromatic heterocycles. The summed E-state index contributed by atoms with van der Waals surface area (Å²) in [6, 6.07) is 2.11. The summed E-state index contributed by atoms with van der Waals surface area (Å²) in [7, 11) is 1.45.